The first kappa shape index (κ1) is 8.02. The minimum absolute atomic E-state index is 0.288. The molecule has 0 spiro atoms. The van der Waals surface area contributed by atoms with E-state index < -0.39 is 0 Å². The molecule has 1 aliphatic rings. The van der Waals surface area contributed by atoms with E-state index in [1.54, 1.807) is 0 Å². The van der Waals surface area contributed by atoms with E-state index >= 15 is 0 Å². The van der Waals surface area contributed by atoms with Gasteiger partial charge in [-0.3, -0.25) is 5.32 Å². The molecule has 2 unspecified atom stereocenters. The highest BCUT2D eigenvalue weighted by Gasteiger charge is 2.19. The van der Waals surface area contributed by atoms with Gasteiger partial charge in [-0.1, -0.05) is 20.8 Å². The molecular weight excluding hydrogens is 126 g/mol. The van der Waals surface area contributed by atoms with Gasteiger partial charge in [0.1, 0.15) is 6.23 Å². The normalized spacial score (nSPS) is 34.8. The molecule has 0 amide bonds. The summed E-state index contributed by atoms with van der Waals surface area (Å²) in [5, 5.41) is 3.35. The summed E-state index contributed by atoms with van der Waals surface area (Å²) in [6.45, 7) is 8.56. The van der Waals surface area contributed by atoms with Crippen molar-refractivity contribution >= 4 is 0 Å². The average Bonchev–Trinajstić information content (AvgIpc) is 1.88. The second-order valence-electron chi connectivity index (χ2n) is 3.51. The Morgan fingerprint density at radius 1 is 1.50 bits per heavy atom. The molecule has 1 fully saturated rings. The third-order valence-electron chi connectivity index (χ3n) is 1.83. The van der Waals surface area contributed by atoms with E-state index in [0.717, 1.165) is 13.2 Å². The lowest BCUT2D eigenvalue weighted by molar-refractivity contribution is -0.0483. The first-order valence-corrected chi connectivity index (χ1v) is 4.05. The van der Waals surface area contributed by atoms with Gasteiger partial charge in [-0.15, -0.1) is 0 Å². The van der Waals surface area contributed by atoms with E-state index in [-0.39, 0.29) is 6.23 Å². The van der Waals surface area contributed by atoms with Crippen LogP contribution >= 0.6 is 0 Å². The highest BCUT2D eigenvalue weighted by atomic mass is 16.5. The molecule has 1 N–H and O–H groups in total. The van der Waals surface area contributed by atoms with E-state index in [1.165, 1.54) is 0 Å². The molecule has 1 heterocycles. The van der Waals surface area contributed by atoms with Crippen LogP contribution in [0.25, 0.3) is 0 Å². The summed E-state index contributed by atoms with van der Waals surface area (Å²) < 4.78 is 5.54. The summed E-state index contributed by atoms with van der Waals surface area (Å²) in [4.78, 5) is 0. The predicted molar refractivity (Wildman–Crippen MR) is 41.7 cm³/mol. The van der Waals surface area contributed by atoms with E-state index in [9.17, 15) is 0 Å². The van der Waals surface area contributed by atoms with Gasteiger partial charge >= 0.3 is 0 Å². The molecule has 0 bridgehead atoms. The number of ether oxygens (including phenoxy) is 1. The van der Waals surface area contributed by atoms with Crippen LogP contribution in [0.1, 0.15) is 20.8 Å². The Labute approximate surface area is 63.0 Å². The summed E-state index contributed by atoms with van der Waals surface area (Å²) in [5.74, 6) is 1.27. The van der Waals surface area contributed by atoms with Crippen LogP contribution in [0.15, 0.2) is 0 Å². The lowest BCUT2D eigenvalue weighted by Crippen LogP contribution is -2.45. The largest absolute Gasteiger partial charge is 0.363 e. The maximum atomic E-state index is 5.54. The smallest absolute Gasteiger partial charge is 0.110 e. The third-order valence-corrected chi connectivity index (χ3v) is 1.83. The minimum Gasteiger partial charge on any atom is -0.363 e. The molecule has 1 aliphatic heterocycles. The highest BCUT2D eigenvalue weighted by molar-refractivity contribution is 4.68. The zero-order valence-electron chi connectivity index (χ0n) is 7.05. The Bertz CT molecular complexity index is 95.4. The van der Waals surface area contributed by atoms with Crippen molar-refractivity contribution in [1.82, 2.24) is 5.32 Å². The summed E-state index contributed by atoms with van der Waals surface area (Å²) in [6.07, 6.45) is 0.288. The van der Waals surface area contributed by atoms with Gasteiger partial charge in [0.05, 0.1) is 6.61 Å². The van der Waals surface area contributed by atoms with Gasteiger partial charge < -0.3 is 4.74 Å². The standard InChI is InChI=1S/C8H17NO/c1-6(2)8-9-4-7(3)5-10-8/h6-9H,4-5H2,1-3H3. The molecule has 0 aromatic heterocycles. The van der Waals surface area contributed by atoms with E-state index in [0.29, 0.717) is 11.8 Å². The maximum absolute atomic E-state index is 5.54. The fourth-order valence-electron chi connectivity index (χ4n) is 1.13. The monoisotopic (exact) mass is 143 g/mol. The Hall–Kier alpha value is -0.0800. The fraction of sp³-hybridized carbons (Fsp3) is 1.00. The summed E-state index contributed by atoms with van der Waals surface area (Å²) in [5.41, 5.74) is 0. The number of hydrogen-bond donors (Lipinski definition) is 1. The minimum atomic E-state index is 0.288. The van der Waals surface area contributed by atoms with Crippen molar-refractivity contribution in [3.05, 3.63) is 0 Å². The lowest BCUT2D eigenvalue weighted by atomic mass is 10.1. The number of rotatable bonds is 1. The summed E-state index contributed by atoms with van der Waals surface area (Å²) >= 11 is 0. The Morgan fingerprint density at radius 3 is 2.60 bits per heavy atom. The van der Waals surface area contributed by atoms with Crippen molar-refractivity contribution in [3.8, 4) is 0 Å². The summed E-state index contributed by atoms with van der Waals surface area (Å²) in [6, 6.07) is 0. The number of nitrogens with one attached hydrogen (secondary N) is 1. The van der Waals surface area contributed by atoms with Crippen LogP contribution in [0.5, 0.6) is 0 Å². The van der Waals surface area contributed by atoms with Crippen LogP contribution in [0, 0.1) is 11.8 Å². The SMILES string of the molecule is CC1CNC(C(C)C)OC1. The van der Waals surface area contributed by atoms with Gasteiger partial charge in [-0.25, -0.2) is 0 Å². The molecule has 2 atom stereocenters. The summed E-state index contributed by atoms with van der Waals surface area (Å²) in [7, 11) is 0. The number of hydrogen-bond acceptors (Lipinski definition) is 2. The van der Waals surface area contributed by atoms with Gasteiger partial charge in [0.2, 0.25) is 0 Å². The fourth-order valence-corrected chi connectivity index (χ4v) is 1.13. The zero-order chi connectivity index (χ0) is 7.56. The Morgan fingerprint density at radius 2 is 2.20 bits per heavy atom. The molecule has 0 saturated carbocycles. The molecule has 0 radical (unpaired) electrons. The van der Waals surface area contributed by atoms with E-state index in [1.807, 2.05) is 0 Å². The third kappa shape index (κ3) is 1.96. The van der Waals surface area contributed by atoms with Gasteiger partial charge in [-0.2, -0.15) is 0 Å². The highest BCUT2D eigenvalue weighted by Crippen LogP contribution is 2.10. The van der Waals surface area contributed by atoms with Crippen molar-refractivity contribution in [1.29, 1.82) is 0 Å². The lowest BCUT2D eigenvalue weighted by Gasteiger charge is -2.30. The second kappa shape index (κ2) is 3.35. The van der Waals surface area contributed by atoms with Crippen molar-refractivity contribution in [2.75, 3.05) is 13.2 Å². The van der Waals surface area contributed by atoms with Crippen LogP contribution in [0.2, 0.25) is 0 Å². The molecule has 0 aliphatic carbocycles. The quantitative estimate of drug-likeness (QED) is 0.596. The molecule has 1 rings (SSSR count). The van der Waals surface area contributed by atoms with E-state index in [4.69, 9.17) is 4.74 Å². The van der Waals surface area contributed by atoms with E-state index in [2.05, 4.69) is 26.1 Å². The first-order valence-electron chi connectivity index (χ1n) is 4.05. The van der Waals surface area contributed by atoms with Gasteiger partial charge in [0.25, 0.3) is 0 Å². The molecule has 2 nitrogen and oxygen atoms in total. The average molecular weight is 143 g/mol. The molecular formula is C8H17NO. The van der Waals surface area contributed by atoms with Crippen molar-refractivity contribution < 1.29 is 4.74 Å². The van der Waals surface area contributed by atoms with Crippen LogP contribution in [0.3, 0.4) is 0 Å². The predicted octanol–water partition coefficient (Wildman–Crippen LogP) is 1.22. The molecule has 2 heteroatoms. The van der Waals surface area contributed by atoms with Crippen molar-refractivity contribution in [2.45, 2.75) is 27.0 Å². The van der Waals surface area contributed by atoms with Gasteiger partial charge in [-0.05, 0) is 11.8 Å². The molecule has 0 aromatic carbocycles. The Balaban J connectivity index is 2.26. The molecule has 60 valence electrons. The Kier molecular flexibility index (Phi) is 2.69. The maximum Gasteiger partial charge on any atom is 0.110 e. The molecule has 1 saturated heterocycles. The van der Waals surface area contributed by atoms with Crippen LogP contribution in [0.4, 0.5) is 0 Å². The zero-order valence-corrected chi connectivity index (χ0v) is 7.05. The van der Waals surface area contributed by atoms with Crippen LogP contribution in [-0.4, -0.2) is 19.4 Å². The first-order chi connectivity index (χ1) is 4.70. The molecule has 0 aromatic rings. The van der Waals surface area contributed by atoms with Crippen LogP contribution in [-0.2, 0) is 4.74 Å². The van der Waals surface area contributed by atoms with Crippen LogP contribution < -0.4 is 5.32 Å². The van der Waals surface area contributed by atoms with Gasteiger partial charge in [0, 0.05) is 6.54 Å². The molecule has 10 heavy (non-hydrogen) atoms. The second-order valence-corrected chi connectivity index (χ2v) is 3.51. The van der Waals surface area contributed by atoms with Gasteiger partial charge in [0.15, 0.2) is 0 Å². The topological polar surface area (TPSA) is 21.3 Å². The van der Waals surface area contributed by atoms with Crippen molar-refractivity contribution in [3.63, 3.8) is 0 Å². The van der Waals surface area contributed by atoms with Crippen molar-refractivity contribution in [2.24, 2.45) is 11.8 Å².